The number of piperidine rings is 1. The lowest BCUT2D eigenvalue weighted by molar-refractivity contribution is -0.00907. The lowest BCUT2D eigenvalue weighted by Gasteiger charge is -2.53. The molecule has 1 aromatic heterocycles. The van der Waals surface area contributed by atoms with Crippen LogP contribution >= 0.6 is 0 Å². The average molecular weight is 301 g/mol. The Labute approximate surface area is 133 Å². The number of aromatic nitrogens is 1. The molecule has 0 spiro atoms. The quantitative estimate of drug-likeness (QED) is 0.934. The molecular formula is C18H27N3O. The molecule has 1 aliphatic carbocycles. The maximum absolute atomic E-state index is 13.0. The van der Waals surface area contributed by atoms with Crippen LogP contribution in [0, 0.1) is 19.3 Å². The fourth-order valence-corrected chi connectivity index (χ4v) is 4.00. The monoisotopic (exact) mass is 301 g/mol. The molecule has 22 heavy (non-hydrogen) atoms. The molecular weight excluding hydrogens is 274 g/mol. The van der Waals surface area contributed by atoms with Crippen molar-refractivity contribution in [3.05, 3.63) is 29.1 Å². The Hall–Kier alpha value is -1.42. The van der Waals surface area contributed by atoms with Gasteiger partial charge in [-0.15, -0.1) is 0 Å². The number of hydrogen-bond acceptors (Lipinski definition) is 3. The van der Waals surface area contributed by atoms with Crippen LogP contribution in [0.25, 0.3) is 0 Å². The minimum atomic E-state index is 0.0903. The van der Waals surface area contributed by atoms with E-state index < -0.39 is 0 Å². The van der Waals surface area contributed by atoms with Crippen LogP contribution in [-0.2, 0) is 0 Å². The highest BCUT2D eigenvalue weighted by atomic mass is 16.2. The van der Waals surface area contributed by atoms with E-state index in [1.54, 1.807) is 0 Å². The molecule has 0 bridgehead atoms. The van der Waals surface area contributed by atoms with E-state index in [1.807, 2.05) is 26.1 Å². The van der Waals surface area contributed by atoms with Crippen molar-refractivity contribution < 1.29 is 4.79 Å². The predicted octanol–water partition coefficient (Wildman–Crippen LogP) is 2.82. The Kier molecular flexibility index (Phi) is 4.22. The standard InChI is InChI=1S/C18H27N3O/c1-13-10-15(20-11-14(13)2)17(22)21-9-4-3-6-16(21)18(12-19)7-5-8-18/h10-11,16H,3-9,12,19H2,1-2H3/t16-/m0/s1. The number of hydrogen-bond donors (Lipinski definition) is 1. The molecule has 3 rings (SSSR count). The lowest BCUT2D eigenvalue weighted by atomic mass is 9.62. The van der Waals surface area contributed by atoms with Crippen LogP contribution in [0.1, 0.15) is 60.1 Å². The summed E-state index contributed by atoms with van der Waals surface area (Å²) in [6.45, 7) is 5.61. The van der Waals surface area contributed by atoms with Crippen LogP contribution in [0.15, 0.2) is 12.3 Å². The minimum Gasteiger partial charge on any atom is -0.334 e. The lowest BCUT2D eigenvalue weighted by Crippen LogP contribution is -2.58. The van der Waals surface area contributed by atoms with E-state index in [0.29, 0.717) is 18.3 Å². The fraction of sp³-hybridized carbons (Fsp3) is 0.667. The van der Waals surface area contributed by atoms with Gasteiger partial charge < -0.3 is 10.6 Å². The van der Waals surface area contributed by atoms with Crippen molar-refractivity contribution in [2.75, 3.05) is 13.1 Å². The maximum atomic E-state index is 13.0. The second-order valence-corrected chi connectivity index (χ2v) is 7.08. The first-order chi connectivity index (χ1) is 10.6. The van der Waals surface area contributed by atoms with Crippen LogP contribution in [0.3, 0.4) is 0 Å². The molecule has 1 saturated carbocycles. The zero-order chi connectivity index (χ0) is 15.7. The third-order valence-electron chi connectivity index (χ3n) is 5.82. The Morgan fingerprint density at radius 3 is 2.68 bits per heavy atom. The van der Waals surface area contributed by atoms with Gasteiger partial charge in [0.25, 0.3) is 5.91 Å². The van der Waals surface area contributed by atoms with Crippen LogP contribution in [0.2, 0.25) is 0 Å². The molecule has 1 atom stereocenters. The van der Waals surface area contributed by atoms with Gasteiger partial charge in [-0.3, -0.25) is 9.78 Å². The molecule has 2 fully saturated rings. The highest BCUT2D eigenvalue weighted by molar-refractivity contribution is 5.92. The second-order valence-electron chi connectivity index (χ2n) is 7.08. The zero-order valence-corrected chi connectivity index (χ0v) is 13.8. The first-order valence-electron chi connectivity index (χ1n) is 8.52. The van der Waals surface area contributed by atoms with Crippen molar-refractivity contribution in [2.24, 2.45) is 11.1 Å². The number of rotatable bonds is 3. The molecule has 4 nitrogen and oxygen atoms in total. The second kappa shape index (κ2) is 5.99. The molecule has 0 aromatic carbocycles. The Bertz CT molecular complexity index is 560. The van der Waals surface area contributed by atoms with Gasteiger partial charge in [0.05, 0.1) is 0 Å². The van der Waals surface area contributed by atoms with Crippen molar-refractivity contribution in [3.63, 3.8) is 0 Å². The van der Waals surface area contributed by atoms with E-state index in [-0.39, 0.29) is 11.3 Å². The van der Waals surface area contributed by atoms with Crippen molar-refractivity contribution in [1.29, 1.82) is 0 Å². The largest absolute Gasteiger partial charge is 0.334 e. The Morgan fingerprint density at radius 2 is 2.09 bits per heavy atom. The molecule has 0 radical (unpaired) electrons. The fourth-order valence-electron chi connectivity index (χ4n) is 4.00. The summed E-state index contributed by atoms with van der Waals surface area (Å²) in [6, 6.07) is 2.23. The van der Waals surface area contributed by atoms with Gasteiger partial charge >= 0.3 is 0 Å². The molecule has 2 N–H and O–H groups in total. The number of likely N-dealkylation sites (tertiary alicyclic amines) is 1. The summed E-state index contributed by atoms with van der Waals surface area (Å²) in [5.74, 6) is 0.0903. The SMILES string of the molecule is Cc1cnc(C(=O)N2CCCC[C@H]2C2(CN)CCC2)cc1C. The number of aryl methyl sites for hydroxylation is 2. The topological polar surface area (TPSA) is 59.2 Å². The van der Waals surface area contributed by atoms with Crippen LogP contribution in [-0.4, -0.2) is 34.9 Å². The maximum Gasteiger partial charge on any atom is 0.272 e. The van der Waals surface area contributed by atoms with Crippen molar-refractivity contribution in [2.45, 2.75) is 58.4 Å². The Balaban J connectivity index is 1.86. The molecule has 2 heterocycles. The van der Waals surface area contributed by atoms with Gasteiger partial charge in [0.1, 0.15) is 5.69 Å². The normalized spacial score (nSPS) is 24.0. The van der Waals surface area contributed by atoms with Gasteiger partial charge in [0.15, 0.2) is 0 Å². The average Bonchev–Trinajstić information content (AvgIpc) is 2.49. The summed E-state index contributed by atoms with van der Waals surface area (Å²) in [5.41, 5.74) is 9.10. The molecule has 2 aliphatic rings. The molecule has 1 aromatic rings. The highest BCUT2D eigenvalue weighted by Gasteiger charge is 2.47. The number of amides is 1. The van der Waals surface area contributed by atoms with Gasteiger partial charge in [0, 0.05) is 24.2 Å². The van der Waals surface area contributed by atoms with Crippen molar-refractivity contribution in [3.8, 4) is 0 Å². The molecule has 1 amide bonds. The molecule has 0 unspecified atom stereocenters. The van der Waals surface area contributed by atoms with Crippen molar-refractivity contribution in [1.82, 2.24) is 9.88 Å². The van der Waals surface area contributed by atoms with Gasteiger partial charge in [0.2, 0.25) is 0 Å². The summed E-state index contributed by atoms with van der Waals surface area (Å²) in [6.07, 6.45) is 8.77. The summed E-state index contributed by atoms with van der Waals surface area (Å²) in [4.78, 5) is 19.5. The number of nitrogens with zero attached hydrogens (tertiary/aromatic N) is 2. The number of pyridine rings is 1. The predicted molar refractivity (Wildman–Crippen MR) is 87.7 cm³/mol. The molecule has 1 saturated heterocycles. The van der Waals surface area contributed by atoms with Gasteiger partial charge in [-0.2, -0.15) is 0 Å². The van der Waals surface area contributed by atoms with Gasteiger partial charge in [-0.05, 0) is 69.7 Å². The summed E-state index contributed by atoms with van der Waals surface area (Å²) in [5, 5.41) is 0. The van der Waals surface area contributed by atoms with E-state index in [9.17, 15) is 4.79 Å². The van der Waals surface area contributed by atoms with Crippen LogP contribution < -0.4 is 5.73 Å². The first-order valence-corrected chi connectivity index (χ1v) is 8.52. The van der Waals surface area contributed by atoms with Gasteiger partial charge in [-0.1, -0.05) is 6.42 Å². The zero-order valence-electron chi connectivity index (χ0n) is 13.8. The van der Waals surface area contributed by atoms with E-state index in [0.717, 1.165) is 43.4 Å². The van der Waals surface area contributed by atoms with Crippen LogP contribution in [0.5, 0.6) is 0 Å². The number of carbonyl (C=O) groups excluding carboxylic acids is 1. The van der Waals surface area contributed by atoms with E-state index in [1.165, 1.54) is 12.8 Å². The van der Waals surface area contributed by atoms with E-state index in [4.69, 9.17) is 5.73 Å². The smallest absolute Gasteiger partial charge is 0.272 e. The first kappa shape index (κ1) is 15.5. The summed E-state index contributed by atoms with van der Waals surface area (Å²) < 4.78 is 0. The molecule has 120 valence electrons. The number of nitrogens with two attached hydrogens (primary N) is 1. The van der Waals surface area contributed by atoms with Crippen LogP contribution in [0.4, 0.5) is 0 Å². The summed E-state index contributed by atoms with van der Waals surface area (Å²) in [7, 11) is 0. The minimum absolute atomic E-state index is 0.0903. The highest BCUT2D eigenvalue weighted by Crippen LogP contribution is 2.47. The van der Waals surface area contributed by atoms with E-state index >= 15 is 0 Å². The third kappa shape index (κ3) is 2.54. The molecule has 1 aliphatic heterocycles. The Morgan fingerprint density at radius 1 is 1.32 bits per heavy atom. The van der Waals surface area contributed by atoms with E-state index in [2.05, 4.69) is 9.88 Å². The number of carbonyl (C=O) groups is 1. The van der Waals surface area contributed by atoms with Crippen molar-refractivity contribution >= 4 is 5.91 Å². The third-order valence-corrected chi connectivity index (χ3v) is 5.82. The summed E-state index contributed by atoms with van der Waals surface area (Å²) >= 11 is 0. The van der Waals surface area contributed by atoms with Gasteiger partial charge in [-0.25, -0.2) is 0 Å². The molecule has 4 heteroatoms.